The average Bonchev–Trinajstić information content (AvgIpc) is 2.41. The molecule has 0 bridgehead atoms. The molecule has 0 saturated heterocycles. The summed E-state index contributed by atoms with van der Waals surface area (Å²) in [5, 5.41) is 0. The fourth-order valence-corrected chi connectivity index (χ4v) is 2.88. The lowest BCUT2D eigenvalue weighted by atomic mass is 10.2. The summed E-state index contributed by atoms with van der Waals surface area (Å²) >= 11 is 3.35. The van der Waals surface area contributed by atoms with E-state index in [1.807, 2.05) is 6.07 Å². The predicted octanol–water partition coefficient (Wildman–Crippen LogP) is 4.14. The Morgan fingerprint density at radius 3 is 2.10 bits per heavy atom. The molecule has 1 aromatic rings. The molecule has 114 valence electrons. The Hall–Kier alpha value is -0.450. The van der Waals surface area contributed by atoms with E-state index in [4.69, 9.17) is 0 Å². The summed E-state index contributed by atoms with van der Waals surface area (Å²) in [6, 6.07) is 5.12. The van der Waals surface area contributed by atoms with Gasteiger partial charge < -0.3 is 4.90 Å². The maximum absolute atomic E-state index is 13.4. The zero-order valence-corrected chi connectivity index (χ0v) is 14.4. The van der Waals surface area contributed by atoms with Crippen LogP contribution in [0.1, 0.15) is 32.8 Å². The lowest BCUT2D eigenvalue weighted by Crippen LogP contribution is -2.29. The highest BCUT2D eigenvalue weighted by Gasteiger charge is 2.07. The van der Waals surface area contributed by atoms with Crippen LogP contribution in [0.15, 0.2) is 22.7 Å². The highest BCUT2D eigenvalue weighted by Crippen LogP contribution is 2.16. The van der Waals surface area contributed by atoms with Crippen LogP contribution in [0, 0.1) is 5.82 Å². The molecule has 0 unspecified atom stereocenters. The number of benzene rings is 1. The molecule has 0 aliphatic rings. The van der Waals surface area contributed by atoms with Crippen LogP contribution in [-0.4, -0.2) is 42.5 Å². The van der Waals surface area contributed by atoms with E-state index < -0.39 is 0 Å². The molecule has 1 aromatic carbocycles. The largest absolute Gasteiger partial charge is 0.304 e. The van der Waals surface area contributed by atoms with Crippen LogP contribution in [0.5, 0.6) is 0 Å². The van der Waals surface area contributed by atoms with Gasteiger partial charge in [-0.2, -0.15) is 0 Å². The molecule has 0 spiro atoms. The van der Waals surface area contributed by atoms with Crippen LogP contribution in [0.25, 0.3) is 0 Å². The minimum absolute atomic E-state index is 0.173. The second kappa shape index (κ2) is 9.48. The molecule has 0 N–H and O–H groups in total. The minimum Gasteiger partial charge on any atom is -0.304 e. The lowest BCUT2D eigenvalue weighted by Gasteiger charge is -2.23. The van der Waals surface area contributed by atoms with Gasteiger partial charge in [-0.25, -0.2) is 4.39 Å². The predicted molar refractivity (Wildman–Crippen MR) is 87.5 cm³/mol. The summed E-state index contributed by atoms with van der Waals surface area (Å²) in [6.07, 6.45) is 1.16. The molecule has 0 aliphatic heterocycles. The van der Waals surface area contributed by atoms with Crippen molar-refractivity contribution < 1.29 is 4.39 Å². The Morgan fingerprint density at radius 2 is 1.55 bits per heavy atom. The van der Waals surface area contributed by atoms with E-state index >= 15 is 0 Å². The van der Waals surface area contributed by atoms with Crippen LogP contribution in [-0.2, 0) is 6.54 Å². The highest BCUT2D eigenvalue weighted by atomic mass is 79.9. The Bertz CT molecular complexity index is 374. The summed E-state index contributed by atoms with van der Waals surface area (Å²) < 4.78 is 14.2. The summed E-state index contributed by atoms with van der Waals surface area (Å²) in [5.74, 6) is -0.173. The fraction of sp³-hybridized carbons (Fsp3) is 0.625. The highest BCUT2D eigenvalue weighted by molar-refractivity contribution is 9.10. The maximum atomic E-state index is 13.4. The van der Waals surface area contributed by atoms with E-state index in [1.165, 1.54) is 6.07 Å². The molecule has 2 nitrogen and oxygen atoms in total. The minimum atomic E-state index is -0.173. The molecular weight excluding hydrogens is 319 g/mol. The Labute approximate surface area is 131 Å². The van der Waals surface area contributed by atoms with Crippen molar-refractivity contribution >= 4 is 15.9 Å². The molecular formula is C16H26BrFN2. The van der Waals surface area contributed by atoms with Crippen molar-refractivity contribution in [1.82, 2.24) is 9.80 Å². The van der Waals surface area contributed by atoms with Crippen LogP contribution >= 0.6 is 15.9 Å². The number of rotatable bonds is 9. The molecule has 0 heterocycles. The Balaban J connectivity index is 2.46. The smallest absolute Gasteiger partial charge is 0.124 e. The third-order valence-corrected chi connectivity index (χ3v) is 4.08. The molecule has 0 saturated carbocycles. The Kier molecular flexibility index (Phi) is 8.34. The van der Waals surface area contributed by atoms with Gasteiger partial charge in [-0.1, -0.05) is 36.7 Å². The molecule has 0 fully saturated rings. The van der Waals surface area contributed by atoms with Crippen molar-refractivity contribution in [2.45, 2.75) is 33.7 Å². The molecule has 0 aliphatic carbocycles. The molecule has 20 heavy (non-hydrogen) atoms. The number of halogens is 2. The molecule has 4 heteroatoms. The van der Waals surface area contributed by atoms with Gasteiger partial charge in [0.15, 0.2) is 0 Å². The SMILES string of the molecule is CCN(CC)CCCN(CC)Cc1cc(F)cc(Br)c1. The molecule has 0 amide bonds. The topological polar surface area (TPSA) is 6.48 Å². The van der Waals surface area contributed by atoms with E-state index in [9.17, 15) is 4.39 Å². The first-order valence-electron chi connectivity index (χ1n) is 7.48. The number of hydrogen-bond acceptors (Lipinski definition) is 2. The van der Waals surface area contributed by atoms with Gasteiger partial charge in [0.05, 0.1) is 0 Å². The van der Waals surface area contributed by atoms with Crippen LogP contribution in [0.4, 0.5) is 4.39 Å². The van der Waals surface area contributed by atoms with Gasteiger partial charge in [0.1, 0.15) is 5.82 Å². The van der Waals surface area contributed by atoms with Gasteiger partial charge in [-0.05, 0) is 62.9 Å². The normalized spacial score (nSPS) is 11.6. The van der Waals surface area contributed by atoms with Crippen molar-refractivity contribution in [2.24, 2.45) is 0 Å². The zero-order chi connectivity index (χ0) is 15.0. The molecule has 0 aromatic heterocycles. The lowest BCUT2D eigenvalue weighted by molar-refractivity contribution is 0.238. The molecule has 1 rings (SSSR count). The van der Waals surface area contributed by atoms with Crippen molar-refractivity contribution in [3.05, 3.63) is 34.1 Å². The van der Waals surface area contributed by atoms with Crippen LogP contribution in [0.2, 0.25) is 0 Å². The van der Waals surface area contributed by atoms with E-state index in [1.54, 1.807) is 6.07 Å². The number of nitrogens with zero attached hydrogens (tertiary/aromatic N) is 2. The molecule has 0 radical (unpaired) electrons. The standard InChI is InChI=1S/C16H26BrFN2/c1-4-19(5-2)8-7-9-20(6-3)13-14-10-15(17)12-16(18)11-14/h10-12H,4-9,13H2,1-3H3. The average molecular weight is 345 g/mol. The summed E-state index contributed by atoms with van der Waals surface area (Å²) in [7, 11) is 0. The van der Waals surface area contributed by atoms with E-state index in [-0.39, 0.29) is 5.82 Å². The maximum Gasteiger partial charge on any atom is 0.124 e. The van der Waals surface area contributed by atoms with Gasteiger partial charge >= 0.3 is 0 Å². The van der Waals surface area contributed by atoms with Gasteiger partial charge in [0, 0.05) is 11.0 Å². The third kappa shape index (κ3) is 6.33. The van der Waals surface area contributed by atoms with Crippen molar-refractivity contribution in [3.63, 3.8) is 0 Å². The Morgan fingerprint density at radius 1 is 0.950 bits per heavy atom. The monoisotopic (exact) mass is 344 g/mol. The number of hydrogen-bond donors (Lipinski definition) is 0. The van der Waals surface area contributed by atoms with Crippen molar-refractivity contribution in [1.29, 1.82) is 0 Å². The summed E-state index contributed by atoms with van der Waals surface area (Å²) in [5.41, 5.74) is 1.03. The van der Waals surface area contributed by atoms with E-state index in [0.29, 0.717) is 0 Å². The van der Waals surface area contributed by atoms with Crippen LogP contribution < -0.4 is 0 Å². The van der Waals surface area contributed by atoms with Gasteiger partial charge in [-0.15, -0.1) is 0 Å². The molecule has 0 atom stereocenters. The second-order valence-electron chi connectivity index (χ2n) is 5.03. The van der Waals surface area contributed by atoms with Crippen LogP contribution in [0.3, 0.4) is 0 Å². The van der Waals surface area contributed by atoms with E-state index in [2.05, 4.69) is 46.5 Å². The van der Waals surface area contributed by atoms with Crippen molar-refractivity contribution in [2.75, 3.05) is 32.7 Å². The first kappa shape index (κ1) is 17.6. The van der Waals surface area contributed by atoms with Gasteiger partial charge in [0.25, 0.3) is 0 Å². The first-order valence-corrected chi connectivity index (χ1v) is 8.28. The quantitative estimate of drug-likeness (QED) is 0.664. The van der Waals surface area contributed by atoms with Gasteiger partial charge in [0.2, 0.25) is 0 Å². The van der Waals surface area contributed by atoms with Gasteiger partial charge in [-0.3, -0.25) is 4.90 Å². The third-order valence-electron chi connectivity index (χ3n) is 3.62. The first-order chi connectivity index (χ1) is 9.58. The summed E-state index contributed by atoms with van der Waals surface area (Å²) in [6.45, 7) is 12.8. The van der Waals surface area contributed by atoms with Crippen molar-refractivity contribution in [3.8, 4) is 0 Å². The fourth-order valence-electron chi connectivity index (χ4n) is 2.37. The summed E-state index contributed by atoms with van der Waals surface area (Å²) in [4.78, 5) is 4.80. The zero-order valence-electron chi connectivity index (χ0n) is 12.8. The van der Waals surface area contributed by atoms with E-state index in [0.717, 1.165) is 55.7 Å². The second-order valence-corrected chi connectivity index (χ2v) is 5.94.